The van der Waals surface area contributed by atoms with Gasteiger partial charge in [0.2, 0.25) is 18.1 Å². The molecule has 20 heteroatoms. The maximum absolute atomic E-state index is 12.8. The molecule has 0 aliphatic carbocycles. The molecular weight excluding hydrogens is 949 g/mol. The summed E-state index contributed by atoms with van der Waals surface area (Å²) in [7, 11) is 2.68. The SMILES string of the molecule is COC(=O)c1ccc(CCNC(=O)C(N)c2ccc(Br)s2)cc1.COC(=O)c1ccc(CCNC(=O)C(NC(=O)OC(C)(C)C)c2ccc(Br)s2)cc1.O=CC(F)(F)F. The zero-order chi connectivity index (χ0) is 44.3. The predicted octanol–water partition coefficient (Wildman–Crippen LogP) is 7.63. The first-order valence-electron chi connectivity index (χ1n) is 17.3. The first-order valence-corrected chi connectivity index (χ1v) is 20.6. The second-order valence-corrected chi connectivity index (χ2v) is 17.9. The molecule has 0 aliphatic rings. The molecule has 0 fully saturated rings. The zero-order valence-corrected chi connectivity index (χ0v) is 37.3. The number of alkyl halides is 3. The van der Waals surface area contributed by atoms with Gasteiger partial charge in [0.1, 0.15) is 17.7 Å². The van der Waals surface area contributed by atoms with Gasteiger partial charge in [-0.1, -0.05) is 24.3 Å². The van der Waals surface area contributed by atoms with Crippen LogP contribution in [-0.4, -0.2) is 75.2 Å². The van der Waals surface area contributed by atoms with Crippen LogP contribution in [0.15, 0.2) is 80.4 Å². The third-order valence-corrected chi connectivity index (χ3v) is 10.7. The number of aldehydes is 1. The lowest BCUT2D eigenvalue weighted by Gasteiger charge is -2.23. The lowest BCUT2D eigenvalue weighted by molar-refractivity contribution is -0.156. The van der Waals surface area contributed by atoms with Gasteiger partial charge < -0.3 is 35.9 Å². The summed E-state index contributed by atoms with van der Waals surface area (Å²) in [6.45, 7) is 6.13. The standard InChI is InChI=1S/C21H25BrN2O5S.C16H17BrN2O3S.C2HF3O/c1-21(2,3)29-20(27)24-17(15-9-10-16(22)30-15)18(25)23-12-11-13-5-7-14(8-6-13)19(26)28-4;1-22-16(21)11-4-2-10(3-5-11)8-9-19-15(20)14(18)12-6-7-13(17)23-12;3-2(4,5)1-6/h5-10,17H,11-12H2,1-4H3,(H,23,25)(H,24,27);2-7,14H,8-9,18H2,1H3,(H,19,20);1H. The van der Waals surface area contributed by atoms with Crippen molar-refractivity contribution in [3.8, 4) is 0 Å². The molecular formula is C39H43Br2F3N4O9S2. The van der Waals surface area contributed by atoms with Crippen molar-refractivity contribution in [2.45, 2.75) is 57.5 Å². The summed E-state index contributed by atoms with van der Waals surface area (Å²) < 4.78 is 47.7. The van der Waals surface area contributed by atoms with Gasteiger partial charge in [0.05, 0.1) is 32.9 Å². The number of hydrogen-bond donors (Lipinski definition) is 4. The summed E-state index contributed by atoms with van der Waals surface area (Å²) in [6.07, 6.45) is -5.13. The van der Waals surface area contributed by atoms with Gasteiger partial charge in [-0.2, -0.15) is 13.2 Å². The molecule has 0 spiro atoms. The minimum absolute atomic E-state index is 0.203. The Morgan fingerprint density at radius 2 is 1.12 bits per heavy atom. The van der Waals surface area contributed by atoms with Crippen molar-refractivity contribution >= 4 is 90.7 Å². The van der Waals surface area contributed by atoms with E-state index in [1.807, 2.05) is 42.5 Å². The first-order chi connectivity index (χ1) is 27.7. The minimum Gasteiger partial charge on any atom is -0.465 e. The zero-order valence-electron chi connectivity index (χ0n) is 32.4. The van der Waals surface area contributed by atoms with Gasteiger partial charge in [-0.3, -0.25) is 14.4 Å². The van der Waals surface area contributed by atoms with Gasteiger partial charge in [0, 0.05) is 22.8 Å². The van der Waals surface area contributed by atoms with Crippen LogP contribution >= 0.6 is 54.5 Å². The van der Waals surface area contributed by atoms with E-state index >= 15 is 0 Å². The highest BCUT2D eigenvalue weighted by Gasteiger charge is 2.27. The van der Waals surface area contributed by atoms with Crippen LogP contribution in [0.3, 0.4) is 0 Å². The van der Waals surface area contributed by atoms with Crippen LogP contribution in [0.2, 0.25) is 0 Å². The lowest BCUT2D eigenvalue weighted by Crippen LogP contribution is -2.42. The van der Waals surface area contributed by atoms with Crippen LogP contribution in [0.5, 0.6) is 0 Å². The fourth-order valence-electron chi connectivity index (χ4n) is 4.52. The van der Waals surface area contributed by atoms with E-state index in [-0.39, 0.29) is 17.8 Å². The maximum atomic E-state index is 12.8. The molecule has 2 heterocycles. The Morgan fingerprint density at radius 3 is 1.47 bits per heavy atom. The summed E-state index contributed by atoms with van der Waals surface area (Å²) in [4.78, 5) is 70.0. The number of hydrogen-bond acceptors (Lipinski definition) is 12. The van der Waals surface area contributed by atoms with Crippen molar-refractivity contribution in [3.63, 3.8) is 0 Å². The molecule has 0 radical (unpaired) electrons. The van der Waals surface area contributed by atoms with E-state index in [9.17, 15) is 37.1 Å². The van der Waals surface area contributed by atoms with Crippen LogP contribution in [0, 0.1) is 0 Å². The first kappa shape index (κ1) is 50.5. The fourth-order valence-corrected chi connectivity index (χ4v) is 7.42. The number of esters is 2. The van der Waals surface area contributed by atoms with Crippen molar-refractivity contribution in [1.29, 1.82) is 0 Å². The van der Waals surface area contributed by atoms with Crippen molar-refractivity contribution in [2.24, 2.45) is 5.73 Å². The van der Waals surface area contributed by atoms with Gasteiger partial charge >= 0.3 is 24.2 Å². The van der Waals surface area contributed by atoms with Crippen molar-refractivity contribution < 1.29 is 56.1 Å². The molecule has 0 bridgehead atoms. The highest BCUT2D eigenvalue weighted by atomic mass is 79.9. The van der Waals surface area contributed by atoms with Gasteiger partial charge in [-0.05, 0) is 125 Å². The molecule has 4 rings (SSSR count). The number of nitrogens with one attached hydrogen (secondary N) is 3. The molecule has 0 aliphatic heterocycles. The number of alkyl carbamates (subject to hydrolysis) is 1. The number of nitrogens with two attached hydrogens (primary N) is 1. The van der Waals surface area contributed by atoms with Gasteiger partial charge in [-0.25, -0.2) is 14.4 Å². The number of rotatable bonds is 13. The number of halogens is 5. The third-order valence-electron chi connectivity index (χ3n) is 7.29. The van der Waals surface area contributed by atoms with E-state index in [4.69, 9.17) is 15.3 Å². The highest BCUT2D eigenvalue weighted by molar-refractivity contribution is 9.11. The average molecular weight is 993 g/mol. The Bertz CT molecular complexity index is 2000. The molecule has 320 valence electrons. The molecule has 13 nitrogen and oxygen atoms in total. The summed E-state index contributed by atoms with van der Waals surface area (Å²) in [5.74, 6) is -1.29. The van der Waals surface area contributed by atoms with Gasteiger partial charge in [-0.15, -0.1) is 22.7 Å². The van der Waals surface area contributed by atoms with E-state index in [0.717, 1.165) is 23.6 Å². The number of ether oxygens (including phenoxy) is 3. The van der Waals surface area contributed by atoms with Crippen LogP contribution < -0.4 is 21.7 Å². The normalized spacial score (nSPS) is 11.8. The highest BCUT2D eigenvalue weighted by Crippen LogP contribution is 2.28. The number of carbonyl (C=O) groups excluding carboxylic acids is 6. The average Bonchev–Trinajstić information content (AvgIpc) is 3.83. The summed E-state index contributed by atoms with van der Waals surface area (Å²) >= 11 is 9.54. The number of thiophene rings is 2. The van der Waals surface area contributed by atoms with Crippen LogP contribution in [0.25, 0.3) is 0 Å². The Morgan fingerprint density at radius 1 is 0.712 bits per heavy atom. The molecule has 5 N–H and O–H groups in total. The second kappa shape index (κ2) is 24.5. The smallest absolute Gasteiger partial charge is 0.446 e. The minimum atomic E-state index is -4.64. The Balaban J connectivity index is 0.000000366. The predicted molar refractivity (Wildman–Crippen MR) is 224 cm³/mol. The Kier molecular flexibility index (Phi) is 20.9. The molecule has 2 aromatic carbocycles. The van der Waals surface area contributed by atoms with Crippen molar-refractivity contribution in [1.82, 2.24) is 16.0 Å². The molecule has 2 atom stereocenters. The quantitative estimate of drug-likeness (QED) is 0.0589. The topological polar surface area (TPSA) is 192 Å². The number of amides is 3. The van der Waals surface area contributed by atoms with E-state index < -0.39 is 42.2 Å². The Labute approximate surface area is 363 Å². The van der Waals surface area contributed by atoms with E-state index in [1.54, 1.807) is 51.1 Å². The molecule has 3 amide bonds. The van der Waals surface area contributed by atoms with Crippen LogP contribution in [-0.2, 0) is 41.4 Å². The van der Waals surface area contributed by atoms with Gasteiger partial charge in [0.15, 0.2) is 0 Å². The molecule has 4 aromatic rings. The van der Waals surface area contributed by atoms with Crippen molar-refractivity contribution in [3.05, 3.63) is 112 Å². The van der Waals surface area contributed by atoms with Crippen LogP contribution in [0.1, 0.15) is 74.5 Å². The lowest BCUT2D eigenvalue weighted by atomic mass is 10.1. The van der Waals surface area contributed by atoms with E-state index in [1.165, 1.54) is 36.9 Å². The monoisotopic (exact) mass is 990 g/mol. The van der Waals surface area contributed by atoms with E-state index in [0.29, 0.717) is 41.9 Å². The fraction of sp³-hybridized carbons (Fsp3) is 0.333. The number of methoxy groups -OCH3 is 2. The van der Waals surface area contributed by atoms with Crippen molar-refractivity contribution in [2.75, 3.05) is 27.3 Å². The number of benzene rings is 2. The maximum Gasteiger partial charge on any atom is 0.446 e. The summed E-state index contributed by atoms with van der Waals surface area (Å²) in [5, 5.41) is 8.31. The second-order valence-electron chi connectivity index (χ2n) is 13.0. The van der Waals surface area contributed by atoms with Crippen LogP contribution in [0.4, 0.5) is 18.0 Å². The summed E-state index contributed by atoms with van der Waals surface area (Å²) in [6, 6.07) is 19.9. The molecule has 2 unspecified atom stereocenters. The third kappa shape index (κ3) is 19.3. The molecule has 0 saturated heterocycles. The van der Waals surface area contributed by atoms with Gasteiger partial charge in [0.25, 0.3) is 0 Å². The molecule has 2 aromatic heterocycles. The molecule has 59 heavy (non-hydrogen) atoms. The Hall–Kier alpha value is -4.63. The number of carbonyl (C=O) groups is 6. The van der Waals surface area contributed by atoms with E-state index in [2.05, 4.69) is 57.3 Å². The summed E-state index contributed by atoms with van der Waals surface area (Å²) in [5.41, 5.74) is 8.21. The largest absolute Gasteiger partial charge is 0.465 e. The molecule has 0 saturated carbocycles.